The summed E-state index contributed by atoms with van der Waals surface area (Å²) in [5, 5.41) is 5.87. The minimum atomic E-state index is -0.569. The lowest BCUT2D eigenvalue weighted by Crippen LogP contribution is -2.52. The third-order valence-corrected chi connectivity index (χ3v) is 5.00. The lowest BCUT2D eigenvalue weighted by molar-refractivity contribution is -0.117. The molecule has 0 radical (unpaired) electrons. The second-order valence-electron chi connectivity index (χ2n) is 7.06. The predicted octanol–water partition coefficient (Wildman–Crippen LogP) is 1.42. The van der Waals surface area contributed by atoms with Gasteiger partial charge < -0.3 is 26.2 Å². The Morgan fingerprint density at radius 2 is 1.61 bits per heavy atom. The molecular weight excluding hydrogens is 507 g/mol. The van der Waals surface area contributed by atoms with Crippen LogP contribution in [0.15, 0.2) is 59.6 Å². The van der Waals surface area contributed by atoms with E-state index >= 15 is 0 Å². The fourth-order valence-corrected chi connectivity index (χ4v) is 3.37. The molecular formula is C22H29IN6O2. The molecule has 1 fully saturated rings. The number of amides is 2. The molecule has 0 unspecified atom stereocenters. The number of carbonyl (C=O) groups excluding carboxylic acids is 2. The molecule has 3 rings (SSSR count). The third kappa shape index (κ3) is 7.12. The lowest BCUT2D eigenvalue weighted by Gasteiger charge is -2.37. The van der Waals surface area contributed by atoms with E-state index in [2.05, 4.69) is 49.7 Å². The van der Waals surface area contributed by atoms with Crippen LogP contribution in [-0.2, 0) is 11.3 Å². The molecule has 2 aromatic rings. The number of para-hydroxylation sites is 1. The highest BCUT2D eigenvalue weighted by Crippen LogP contribution is 2.15. The van der Waals surface area contributed by atoms with Gasteiger partial charge in [-0.05, 0) is 29.8 Å². The number of nitrogens with zero attached hydrogens (tertiary/aromatic N) is 3. The van der Waals surface area contributed by atoms with E-state index in [1.165, 1.54) is 5.69 Å². The largest absolute Gasteiger partial charge is 0.368 e. The maximum Gasteiger partial charge on any atom is 0.251 e. The molecule has 1 saturated heterocycles. The van der Waals surface area contributed by atoms with Crippen LogP contribution in [0.5, 0.6) is 0 Å². The zero-order valence-electron chi connectivity index (χ0n) is 17.6. The molecule has 9 heteroatoms. The van der Waals surface area contributed by atoms with Crippen LogP contribution >= 0.6 is 24.0 Å². The van der Waals surface area contributed by atoms with Gasteiger partial charge in [0.15, 0.2) is 5.96 Å². The summed E-state index contributed by atoms with van der Waals surface area (Å²) in [5.74, 6) is -0.0217. The first-order valence-electron chi connectivity index (χ1n) is 9.98. The van der Waals surface area contributed by atoms with Crippen molar-refractivity contribution in [3.8, 4) is 0 Å². The van der Waals surface area contributed by atoms with Crippen molar-refractivity contribution < 1.29 is 9.59 Å². The first-order valence-corrected chi connectivity index (χ1v) is 9.98. The molecule has 166 valence electrons. The monoisotopic (exact) mass is 536 g/mol. The molecule has 1 heterocycles. The molecule has 8 nitrogen and oxygen atoms in total. The number of nitrogens with two attached hydrogens (primary N) is 1. The van der Waals surface area contributed by atoms with Crippen LogP contribution in [0, 0.1) is 0 Å². The van der Waals surface area contributed by atoms with Crippen molar-refractivity contribution in [1.29, 1.82) is 0 Å². The first-order chi connectivity index (χ1) is 14.6. The molecule has 4 N–H and O–H groups in total. The molecule has 2 aromatic carbocycles. The molecule has 0 aromatic heterocycles. The van der Waals surface area contributed by atoms with Crippen LogP contribution in [0.1, 0.15) is 15.9 Å². The van der Waals surface area contributed by atoms with E-state index in [1.807, 2.05) is 18.2 Å². The van der Waals surface area contributed by atoms with Crippen LogP contribution in [0.2, 0.25) is 0 Å². The van der Waals surface area contributed by atoms with Crippen LogP contribution < -0.4 is 21.3 Å². The van der Waals surface area contributed by atoms with Crippen molar-refractivity contribution in [2.24, 2.45) is 10.7 Å². The minimum Gasteiger partial charge on any atom is -0.368 e. The Hall–Kier alpha value is -2.82. The van der Waals surface area contributed by atoms with Crippen molar-refractivity contribution in [2.45, 2.75) is 6.54 Å². The fraction of sp³-hybridized carbons (Fsp3) is 0.318. The molecule has 0 atom stereocenters. The standard InChI is InChI=1S/C22H28N6O2.HI/c1-24-22(28-13-11-27(12-14-28)19-5-3-2-4-6-19)26-15-17-7-9-18(10-8-17)21(30)25-16-20(23)29;/h2-10H,11-16H2,1H3,(H2,23,29)(H,24,26)(H,25,30);1H. The number of hydrogen-bond donors (Lipinski definition) is 3. The van der Waals surface area contributed by atoms with Gasteiger partial charge in [-0.25, -0.2) is 0 Å². The minimum absolute atomic E-state index is 0. The number of primary amides is 1. The van der Waals surface area contributed by atoms with Crippen molar-refractivity contribution >= 4 is 47.4 Å². The number of aliphatic imine (C=N–C) groups is 1. The van der Waals surface area contributed by atoms with Crippen LogP contribution in [0.25, 0.3) is 0 Å². The van der Waals surface area contributed by atoms with E-state index in [0.29, 0.717) is 12.1 Å². The highest BCUT2D eigenvalue weighted by molar-refractivity contribution is 14.0. The number of piperazine rings is 1. The van der Waals surface area contributed by atoms with E-state index < -0.39 is 5.91 Å². The summed E-state index contributed by atoms with van der Waals surface area (Å²) in [6.07, 6.45) is 0. The Morgan fingerprint density at radius 1 is 0.968 bits per heavy atom. The second kappa shape index (κ2) is 12.1. The number of guanidine groups is 1. The Morgan fingerprint density at radius 3 is 2.19 bits per heavy atom. The fourth-order valence-electron chi connectivity index (χ4n) is 3.37. The SMILES string of the molecule is CN=C(NCc1ccc(C(=O)NCC(N)=O)cc1)N1CCN(c2ccccc2)CC1.I. The van der Waals surface area contributed by atoms with Gasteiger partial charge >= 0.3 is 0 Å². The third-order valence-electron chi connectivity index (χ3n) is 5.00. The van der Waals surface area contributed by atoms with E-state index in [4.69, 9.17) is 5.73 Å². The highest BCUT2D eigenvalue weighted by Gasteiger charge is 2.19. The summed E-state index contributed by atoms with van der Waals surface area (Å²) in [7, 11) is 1.79. The quantitative estimate of drug-likeness (QED) is 0.295. The Kier molecular flexibility index (Phi) is 9.57. The zero-order valence-corrected chi connectivity index (χ0v) is 19.9. The van der Waals surface area contributed by atoms with Crippen molar-refractivity contribution in [1.82, 2.24) is 15.5 Å². The number of hydrogen-bond acceptors (Lipinski definition) is 4. The van der Waals surface area contributed by atoms with Crippen LogP contribution in [0.4, 0.5) is 5.69 Å². The number of rotatable bonds is 6. The van der Waals surface area contributed by atoms with Crippen molar-refractivity contribution in [3.63, 3.8) is 0 Å². The normalized spacial score (nSPS) is 13.9. The second-order valence-corrected chi connectivity index (χ2v) is 7.06. The Balaban J connectivity index is 0.00000341. The number of halogens is 1. The predicted molar refractivity (Wildman–Crippen MR) is 134 cm³/mol. The number of anilines is 1. The number of nitrogens with one attached hydrogen (secondary N) is 2. The van der Waals surface area contributed by atoms with Gasteiger partial charge in [0, 0.05) is 51.0 Å². The summed E-state index contributed by atoms with van der Waals surface area (Å²) in [6, 6.07) is 17.7. The summed E-state index contributed by atoms with van der Waals surface area (Å²) < 4.78 is 0. The van der Waals surface area contributed by atoms with Gasteiger partial charge in [-0.3, -0.25) is 14.6 Å². The topological polar surface area (TPSA) is 103 Å². The molecule has 0 spiro atoms. The van der Waals surface area contributed by atoms with E-state index in [-0.39, 0.29) is 36.4 Å². The summed E-state index contributed by atoms with van der Waals surface area (Å²) in [5.41, 5.74) is 7.81. The Labute approximate surface area is 199 Å². The van der Waals surface area contributed by atoms with Gasteiger partial charge in [0.05, 0.1) is 6.54 Å². The van der Waals surface area contributed by atoms with Crippen molar-refractivity contribution in [2.75, 3.05) is 44.7 Å². The van der Waals surface area contributed by atoms with Gasteiger partial charge in [-0.1, -0.05) is 30.3 Å². The smallest absolute Gasteiger partial charge is 0.251 e. The first kappa shape index (κ1) is 24.4. The average molecular weight is 536 g/mol. The summed E-state index contributed by atoms with van der Waals surface area (Å²) in [6.45, 7) is 4.12. The Bertz CT molecular complexity index is 881. The van der Waals surface area contributed by atoms with E-state index in [0.717, 1.165) is 37.7 Å². The summed E-state index contributed by atoms with van der Waals surface area (Å²) in [4.78, 5) is 31.8. The molecule has 1 aliphatic heterocycles. The van der Waals surface area contributed by atoms with Gasteiger partial charge in [-0.15, -0.1) is 24.0 Å². The lowest BCUT2D eigenvalue weighted by atomic mass is 10.1. The van der Waals surface area contributed by atoms with E-state index in [1.54, 1.807) is 19.2 Å². The van der Waals surface area contributed by atoms with Gasteiger partial charge in [0.25, 0.3) is 5.91 Å². The number of carbonyl (C=O) groups is 2. The summed E-state index contributed by atoms with van der Waals surface area (Å²) >= 11 is 0. The van der Waals surface area contributed by atoms with Gasteiger partial charge in [0.2, 0.25) is 5.91 Å². The molecule has 0 bridgehead atoms. The molecule has 0 aliphatic carbocycles. The maximum absolute atomic E-state index is 11.9. The zero-order chi connectivity index (χ0) is 21.3. The molecule has 1 aliphatic rings. The molecule has 31 heavy (non-hydrogen) atoms. The van der Waals surface area contributed by atoms with E-state index in [9.17, 15) is 9.59 Å². The average Bonchev–Trinajstić information content (AvgIpc) is 2.79. The van der Waals surface area contributed by atoms with Gasteiger partial charge in [0.1, 0.15) is 0 Å². The van der Waals surface area contributed by atoms with Crippen LogP contribution in [-0.4, -0.2) is 62.4 Å². The van der Waals surface area contributed by atoms with Gasteiger partial charge in [-0.2, -0.15) is 0 Å². The highest BCUT2D eigenvalue weighted by atomic mass is 127. The van der Waals surface area contributed by atoms with Crippen molar-refractivity contribution in [3.05, 3.63) is 65.7 Å². The molecule has 0 saturated carbocycles. The number of benzene rings is 2. The maximum atomic E-state index is 11.9. The molecule has 2 amide bonds. The van der Waals surface area contributed by atoms with Crippen LogP contribution in [0.3, 0.4) is 0 Å².